The van der Waals surface area contributed by atoms with Crippen LogP contribution in [0.3, 0.4) is 0 Å². The van der Waals surface area contributed by atoms with Crippen molar-refractivity contribution in [2.45, 2.75) is 19.3 Å². The summed E-state index contributed by atoms with van der Waals surface area (Å²) in [5, 5.41) is 2.89. The van der Waals surface area contributed by atoms with Crippen LogP contribution < -0.4 is 25.3 Å². The Labute approximate surface area is 219 Å². The number of amides is 3. The molecule has 3 aromatic rings. The van der Waals surface area contributed by atoms with Crippen LogP contribution in [0.15, 0.2) is 66.7 Å². The number of nitrogens with two attached hydrogens (primary N) is 1. The molecule has 38 heavy (non-hydrogen) atoms. The van der Waals surface area contributed by atoms with Crippen molar-refractivity contribution in [1.82, 2.24) is 15.1 Å². The zero-order valence-corrected chi connectivity index (χ0v) is 20.9. The normalized spacial score (nSPS) is 15.9. The molecule has 2 heterocycles. The molecule has 5 rings (SSSR count). The van der Waals surface area contributed by atoms with E-state index in [0.717, 1.165) is 11.1 Å². The molecule has 0 aliphatic carbocycles. The minimum absolute atomic E-state index is 0.0793. The summed E-state index contributed by atoms with van der Waals surface area (Å²) < 4.78 is 16.0. The molecule has 0 aromatic heterocycles. The number of nitrogens with one attached hydrogen (secondary N) is 1. The summed E-state index contributed by atoms with van der Waals surface area (Å²) in [7, 11) is 1.52. The van der Waals surface area contributed by atoms with Crippen LogP contribution in [0.5, 0.6) is 17.2 Å². The van der Waals surface area contributed by atoms with E-state index in [1.165, 1.54) is 16.9 Å². The van der Waals surface area contributed by atoms with Crippen LogP contribution in [0.25, 0.3) is 0 Å². The lowest BCUT2D eigenvalue weighted by molar-refractivity contribution is -0.128. The molecule has 1 saturated heterocycles. The number of rotatable bonds is 7. The molecule has 1 unspecified atom stereocenters. The Hall–Kier alpha value is -4.57. The molecule has 3 amide bonds. The number of carbonyl (C=O) groups excluding carboxylic acids is 3. The molecule has 2 aliphatic heterocycles. The van der Waals surface area contributed by atoms with Crippen molar-refractivity contribution in [3.05, 3.63) is 89.0 Å². The number of carbonyl (C=O) groups is 3. The maximum atomic E-state index is 13.6. The molecule has 0 spiro atoms. The van der Waals surface area contributed by atoms with Gasteiger partial charge in [-0.3, -0.25) is 14.4 Å². The molecular formula is C28H28N4O6. The number of hydrogen-bond donors (Lipinski definition) is 2. The largest absolute Gasteiger partial charge is 0.497 e. The van der Waals surface area contributed by atoms with Crippen molar-refractivity contribution in [3.8, 4) is 17.2 Å². The highest BCUT2D eigenvalue weighted by molar-refractivity contribution is 6.02. The fourth-order valence-electron chi connectivity index (χ4n) is 4.60. The van der Waals surface area contributed by atoms with Gasteiger partial charge >= 0.3 is 0 Å². The van der Waals surface area contributed by atoms with Gasteiger partial charge in [-0.25, -0.2) is 0 Å². The van der Waals surface area contributed by atoms with E-state index < -0.39 is 18.0 Å². The second-order valence-electron chi connectivity index (χ2n) is 8.91. The number of benzene rings is 3. The van der Waals surface area contributed by atoms with Crippen molar-refractivity contribution in [1.29, 1.82) is 0 Å². The van der Waals surface area contributed by atoms with Crippen molar-refractivity contribution in [3.63, 3.8) is 0 Å². The summed E-state index contributed by atoms with van der Waals surface area (Å²) in [6.45, 7) is 1.05. The van der Waals surface area contributed by atoms with Gasteiger partial charge in [0.05, 0.1) is 7.11 Å². The van der Waals surface area contributed by atoms with E-state index in [9.17, 15) is 14.4 Å². The van der Waals surface area contributed by atoms with Gasteiger partial charge < -0.3 is 35.1 Å². The van der Waals surface area contributed by atoms with Crippen LogP contribution in [0, 0.1) is 0 Å². The van der Waals surface area contributed by atoms with Gasteiger partial charge in [0.25, 0.3) is 17.7 Å². The van der Waals surface area contributed by atoms with Crippen LogP contribution in [0.2, 0.25) is 0 Å². The summed E-state index contributed by atoms with van der Waals surface area (Å²) in [6.07, 6.45) is -1.15. The van der Waals surface area contributed by atoms with Crippen LogP contribution in [-0.4, -0.2) is 60.7 Å². The Morgan fingerprint density at radius 2 is 1.58 bits per heavy atom. The first-order valence-electron chi connectivity index (χ1n) is 12.2. The van der Waals surface area contributed by atoms with Gasteiger partial charge in [-0.1, -0.05) is 30.3 Å². The number of methoxy groups -OCH3 is 1. The molecule has 1 atom stereocenters. The van der Waals surface area contributed by atoms with E-state index in [1.54, 1.807) is 42.5 Å². The molecule has 0 saturated carbocycles. The minimum atomic E-state index is -1.15. The number of fused-ring (bicyclic) bond motifs is 1. The van der Waals surface area contributed by atoms with Crippen LogP contribution in [0.4, 0.5) is 0 Å². The van der Waals surface area contributed by atoms with E-state index in [-0.39, 0.29) is 32.3 Å². The molecular weight excluding hydrogens is 488 g/mol. The zero-order chi connectivity index (χ0) is 26.6. The third-order valence-electron chi connectivity index (χ3n) is 6.56. The molecule has 0 bridgehead atoms. The number of hydrogen-bond acceptors (Lipinski definition) is 7. The van der Waals surface area contributed by atoms with Crippen molar-refractivity contribution in [2.75, 3.05) is 27.0 Å². The standard InChI is InChI=1S/C28H28N4O6/c1-36-22-7-3-6-20(13-22)27(34)31-10-11-32(28(35)21-8-9-23-24(14-21)38-17-37-23)26(31)25(33)30-16-19-5-2-4-18(12-19)15-29/h2-9,12-14,26H,10-11,15-17,29H2,1H3,(H,30,33). The summed E-state index contributed by atoms with van der Waals surface area (Å²) in [4.78, 5) is 43.5. The highest BCUT2D eigenvalue weighted by Gasteiger charge is 2.43. The van der Waals surface area contributed by atoms with Crippen LogP contribution in [0.1, 0.15) is 31.8 Å². The lowest BCUT2D eigenvalue weighted by Crippen LogP contribution is -2.53. The first kappa shape index (κ1) is 25.1. The van der Waals surface area contributed by atoms with Crippen LogP contribution in [-0.2, 0) is 17.9 Å². The van der Waals surface area contributed by atoms with Crippen molar-refractivity contribution in [2.24, 2.45) is 5.73 Å². The van der Waals surface area contributed by atoms with Crippen LogP contribution >= 0.6 is 0 Å². The maximum Gasteiger partial charge on any atom is 0.264 e. The van der Waals surface area contributed by atoms with Gasteiger partial charge in [-0.15, -0.1) is 0 Å². The third kappa shape index (κ3) is 4.98. The lowest BCUT2D eigenvalue weighted by Gasteiger charge is -2.29. The molecule has 2 aliphatic rings. The van der Waals surface area contributed by atoms with Crippen molar-refractivity contribution < 1.29 is 28.6 Å². The number of nitrogens with zero attached hydrogens (tertiary/aromatic N) is 2. The molecule has 3 aromatic carbocycles. The van der Waals surface area contributed by atoms with E-state index in [0.29, 0.717) is 34.9 Å². The topological polar surface area (TPSA) is 123 Å². The second-order valence-corrected chi connectivity index (χ2v) is 8.91. The average molecular weight is 517 g/mol. The fraction of sp³-hybridized carbons (Fsp3) is 0.250. The Balaban J connectivity index is 1.42. The summed E-state index contributed by atoms with van der Waals surface area (Å²) in [5.74, 6) is 0.284. The second kappa shape index (κ2) is 10.8. The molecule has 1 fully saturated rings. The Morgan fingerprint density at radius 1 is 0.895 bits per heavy atom. The van der Waals surface area contributed by atoms with Crippen molar-refractivity contribution >= 4 is 17.7 Å². The predicted molar refractivity (Wildman–Crippen MR) is 138 cm³/mol. The van der Waals surface area contributed by atoms with Gasteiger partial charge in [0.15, 0.2) is 17.7 Å². The Kier molecular flexibility index (Phi) is 7.14. The van der Waals surface area contributed by atoms with Gasteiger partial charge in [0, 0.05) is 37.3 Å². The summed E-state index contributed by atoms with van der Waals surface area (Å²) >= 11 is 0. The Bertz CT molecular complexity index is 1380. The van der Waals surface area contributed by atoms with E-state index in [1.807, 2.05) is 24.3 Å². The van der Waals surface area contributed by atoms with Gasteiger partial charge in [-0.2, -0.15) is 0 Å². The average Bonchev–Trinajstić information content (AvgIpc) is 3.62. The van der Waals surface area contributed by atoms with Gasteiger partial charge in [0.1, 0.15) is 5.75 Å². The fourth-order valence-corrected chi connectivity index (χ4v) is 4.60. The van der Waals surface area contributed by atoms with E-state index >= 15 is 0 Å². The molecule has 196 valence electrons. The number of ether oxygens (including phenoxy) is 3. The predicted octanol–water partition coefficient (Wildman–Crippen LogP) is 2.12. The molecule has 0 radical (unpaired) electrons. The van der Waals surface area contributed by atoms with E-state index in [2.05, 4.69) is 5.32 Å². The molecule has 10 nitrogen and oxygen atoms in total. The minimum Gasteiger partial charge on any atom is -0.497 e. The quantitative estimate of drug-likeness (QED) is 0.493. The summed E-state index contributed by atoms with van der Waals surface area (Å²) in [6, 6.07) is 19.1. The zero-order valence-electron chi connectivity index (χ0n) is 20.9. The van der Waals surface area contributed by atoms with Gasteiger partial charge in [-0.05, 0) is 47.5 Å². The highest BCUT2D eigenvalue weighted by Crippen LogP contribution is 2.33. The summed E-state index contributed by atoms with van der Waals surface area (Å²) in [5.41, 5.74) is 8.23. The highest BCUT2D eigenvalue weighted by atomic mass is 16.7. The monoisotopic (exact) mass is 516 g/mol. The maximum absolute atomic E-state index is 13.6. The first-order valence-corrected chi connectivity index (χ1v) is 12.2. The lowest BCUT2D eigenvalue weighted by atomic mass is 10.1. The smallest absolute Gasteiger partial charge is 0.264 e. The molecule has 10 heteroatoms. The third-order valence-corrected chi connectivity index (χ3v) is 6.56. The van der Waals surface area contributed by atoms with Gasteiger partial charge in [0.2, 0.25) is 6.79 Å². The van der Waals surface area contributed by atoms with E-state index in [4.69, 9.17) is 19.9 Å². The molecule has 3 N–H and O–H groups in total. The SMILES string of the molecule is COc1cccc(C(=O)N2CCN(C(=O)c3ccc4c(c3)OCO4)C2C(=O)NCc2cccc(CN)c2)c1. The Morgan fingerprint density at radius 3 is 2.32 bits per heavy atom. The first-order chi connectivity index (χ1) is 18.5.